The standard InChI is InChI=1S/C38H56O7/c1-25(13-17-33(40)44-24-45-34(41)18-14-26(2)36(42)43-23-27-10-6-5-7-11-27)29-15-16-30-35-31(19-21-38(29,30)4)37(3)20-9-8-12-28(37)22-32(35)39/h5-7,10-11,25-26,28-32,35,39H,8-9,12-24H2,1-4H3/t25-,26?,28+,29?,30?,31?,32+,35?,37+,38-/m1/s1. The van der Waals surface area contributed by atoms with E-state index >= 15 is 0 Å². The van der Waals surface area contributed by atoms with E-state index in [1.54, 1.807) is 6.92 Å². The maximum atomic E-state index is 12.5. The van der Waals surface area contributed by atoms with Crippen LogP contribution in [0.2, 0.25) is 0 Å². The number of carbonyl (C=O) groups excluding carboxylic acids is 3. The summed E-state index contributed by atoms with van der Waals surface area (Å²) in [4.78, 5) is 37.0. The summed E-state index contributed by atoms with van der Waals surface area (Å²) in [5.41, 5.74) is 1.52. The first-order chi connectivity index (χ1) is 21.5. The molecule has 0 spiro atoms. The van der Waals surface area contributed by atoms with Crippen LogP contribution in [0.1, 0.15) is 117 Å². The van der Waals surface area contributed by atoms with Crippen molar-refractivity contribution in [1.29, 1.82) is 0 Å². The second-order valence-corrected chi connectivity index (χ2v) is 15.5. The Morgan fingerprint density at radius 3 is 2.27 bits per heavy atom. The zero-order chi connectivity index (χ0) is 32.2. The molecule has 4 saturated carbocycles. The molecule has 45 heavy (non-hydrogen) atoms. The Kier molecular flexibility index (Phi) is 11.0. The van der Waals surface area contributed by atoms with Gasteiger partial charge in [-0.2, -0.15) is 0 Å². The monoisotopic (exact) mass is 624 g/mol. The third-order valence-corrected chi connectivity index (χ3v) is 13.0. The molecule has 1 aromatic carbocycles. The predicted molar refractivity (Wildman–Crippen MR) is 171 cm³/mol. The molecule has 1 N–H and O–H groups in total. The van der Waals surface area contributed by atoms with Crippen LogP contribution in [-0.2, 0) is 35.2 Å². The van der Waals surface area contributed by atoms with Gasteiger partial charge in [-0.15, -0.1) is 0 Å². The van der Waals surface area contributed by atoms with Gasteiger partial charge >= 0.3 is 17.9 Å². The van der Waals surface area contributed by atoms with Crippen molar-refractivity contribution in [2.75, 3.05) is 6.79 Å². The quantitative estimate of drug-likeness (QED) is 0.189. The number of benzene rings is 1. The highest BCUT2D eigenvalue weighted by molar-refractivity contribution is 5.74. The third-order valence-electron chi connectivity index (χ3n) is 13.0. The molecule has 4 fully saturated rings. The minimum atomic E-state index is -0.502. The fourth-order valence-corrected chi connectivity index (χ4v) is 10.4. The Bertz CT molecular complexity index is 1170. The number of aliphatic hydroxyl groups excluding tert-OH is 1. The molecule has 10 atom stereocenters. The molecule has 0 aliphatic heterocycles. The average molecular weight is 625 g/mol. The molecule has 0 amide bonds. The van der Waals surface area contributed by atoms with Gasteiger partial charge in [0.25, 0.3) is 0 Å². The lowest BCUT2D eigenvalue weighted by molar-refractivity contribution is -0.168. The summed E-state index contributed by atoms with van der Waals surface area (Å²) in [6.07, 6.45) is 12.3. The van der Waals surface area contributed by atoms with E-state index in [1.165, 1.54) is 51.4 Å². The number of carbonyl (C=O) groups is 3. The Labute approximate surface area is 270 Å². The maximum Gasteiger partial charge on any atom is 0.308 e. The number of rotatable bonds is 12. The van der Waals surface area contributed by atoms with Crippen molar-refractivity contribution in [2.24, 2.45) is 52.3 Å². The molecule has 0 saturated heterocycles. The van der Waals surface area contributed by atoms with Crippen molar-refractivity contribution >= 4 is 17.9 Å². The largest absolute Gasteiger partial charge is 0.461 e. The number of ether oxygens (including phenoxy) is 3. The summed E-state index contributed by atoms with van der Waals surface area (Å²) in [6.45, 7) is 8.83. The number of hydrogen-bond donors (Lipinski definition) is 1. The highest BCUT2D eigenvalue weighted by atomic mass is 16.7. The Hall–Kier alpha value is -2.41. The molecule has 0 aromatic heterocycles. The van der Waals surface area contributed by atoms with Gasteiger partial charge in [-0.25, -0.2) is 0 Å². The van der Waals surface area contributed by atoms with E-state index in [0.717, 1.165) is 18.4 Å². The molecular formula is C38H56O7. The van der Waals surface area contributed by atoms with E-state index in [-0.39, 0.29) is 36.5 Å². The van der Waals surface area contributed by atoms with Crippen molar-refractivity contribution in [3.05, 3.63) is 35.9 Å². The van der Waals surface area contributed by atoms with Crippen LogP contribution in [0, 0.1) is 52.3 Å². The summed E-state index contributed by atoms with van der Waals surface area (Å²) in [5, 5.41) is 11.5. The Balaban J connectivity index is 1.01. The molecule has 1 aromatic rings. The highest BCUT2D eigenvalue weighted by Gasteiger charge is 2.62. The van der Waals surface area contributed by atoms with Gasteiger partial charge < -0.3 is 19.3 Å². The number of hydrogen-bond acceptors (Lipinski definition) is 7. The zero-order valence-corrected chi connectivity index (χ0v) is 28.0. The molecule has 0 radical (unpaired) electrons. The molecule has 7 nitrogen and oxygen atoms in total. The smallest absolute Gasteiger partial charge is 0.308 e. The minimum absolute atomic E-state index is 0.0496. The van der Waals surface area contributed by atoms with E-state index in [0.29, 0.717) is 53.8 Å². The van der Waals surface area contributed by atoms with Gasteiger partial charge in [-0.3, -0.25) is 14.4 Å². The second-order valence-electron chi connectivity index (χ2n) is 15.5. The summed E-state index contributed by atoms with van der Waals surface area (Å²) in [7, 11) is 0. The van der Waals surface area contributed by atoms with Crippen molar-refractivity contribution in [2.45, 2.75) is 124 Å². The van der Waals surface area contributed by atoms with Gasteiger partial charge in [-0.05, 0) is 110 Å². The normalized spacial score (nSPS) is 35.2. The van der Waals surface area contributed by atoms with Gasteiger partial charge in [0, 0.05) is 12.8 Å². The Morgan fingerprint density at radius 1 is 0.844 bits per heavy atom. The molecule has 250 valence electrons. The minimum Gasteiger partial charge on any atom is -0.461 e. The van der Waals surface area contributed by atoms with Crippen LogP contribution in [0.5, 0.6) is 0 Å². The van der Waals surface area contributed by atoms with Crippen molar-refractivity contribution in [3.63, 3.8) is 0 Å². The average Bonchev–Trinajstić information content (AvgIpc) is 3.39. The van der Waals surface area contributed by atoms with Crippen molar-refractivity contribution in [3.8, 4) is 0 Å². The fraction of sp³-hybridized carbons (Fsp3) is 0.763. The van der Waals surface area contributed by atoms with E-state index in [2.05, 4.69) is 20.8 Å². The predicted octanol–water partition coefficient (Wildman–Crippen LogP) is 7.63. The molecule has 4 aliphatic rings. The van der Waals surface area contributed by atoms with E-state index in [4.69, 9.17) is 14.2 Å². The summed E-state index contributed by atoms with van der Waals surface area (Å²) < 4.78 is 15.7. The van der Waals surface area contributed by atoms with Crippen LogP contribution in [0.25, 0.3) is 0 Å². The van der Waals surface area contributed by atoms with Crippen LogP contribution in [0.15, 0.2) is 30.3 Å². The fourth-order valence-electron chi connectivity index (χ4n) is 10.4. The molecule has 0 bridgehead atoms. The van der Waals surface area contributed by atoms with Gasteiger partial charge in [0.15, 0.2) is 0 Å². The van der Waals surface area contributed by atoms with Crippen LogP contribution in [0.4, 0.5) is 0 Å². The number of fused-ring (bicyclic) bond motifs is 5. The lowest BCUT2D eigenvalue weighted by atomic mass is 9.44. The van der Waals surface area contributed by atoms with Crippen LogP contribution in [-0.4, -0.2) is 35.9 Å². The molecule has 0 heterocycles. The lowest BCUT2D eigenvalue weighted by Crippen LogP contribution is -2.57. The topological polar surface area (TPSA) is 99.1 Å². The molecule has 5 rings (SSSR count). The van der Waals surface area contributed by atoms with Crippen LogP contribution in [0.3, 0.4) is 0 Å². The summed E-state index contributed by atoms with van der Waals surface area (Å²) in [6, 6.07) is 9.46. The van der Waals surface area contributed by atoms with E-state index in [9.17, 15) is 19.5 Å². The van der Waals surface area contributed by atoms with Crippen molar-refractivity contribution < 1.29 is 33.7 Å². The highest BCUT2D eigenvalue weighted by Crippen LogP contribution is 2.68. The second kappa shape index (κ2) is 14.6. The van der Waals surface area contributed by atoms with Crippen LogP contribution >= 0.6 is 0 Å². The molecule has 4 aliphatic carbocycles. The molecular weight excluding hydrogens is 568 g/mol. The van der Waals surface area contributed by atoms with Gasteiger partial charge in [0.05, 0.1) is 12.0 Å². The zero-order valence-electron chi connectivity index (χ0n) is 28.0. The Morgan fingerprint density at radius 2 is 1.53 bits per heavy atom. The number of esters is 3. The first-order valence-electron chi connectivity index (χ1n) is 17.7. The third kappa shape index (κ3) is 7.44. The SMILES string of the molecule is CC(CCC(=O)OCOC(=O)CC[C@@H](C)C1CCC2C3C(CC[C@@]21C)[C@@]1(C)CCCC[C@H]1C[C@@H]3O)C(=O)OCc1ccccc1. The van der Waals surface area contributed by atoms with Gasteiger partial charge in [-0.1, -0.05) is 70.9 Å². The first kappa shape index (κ1) is 33.9. The maximum absolute atomic E-state index is 12.5. The van der Waals surface area contributed by atoms with Crippen molar-refractivity contribution in [1.82, 2.24) is 0 Å². The molecule has 5 unspecified atom stereocenters. The first-order valence-corrected chi connectivity index (χ1v) is 17.7. The van der Waals surface area contributed by atoms with Gasteiger partial charge in [0.1, 0.15) is 6.61 Å². The van der Waals surface area contributed by atoms with E-state index in [1.807, 2.05) is 30.3 Å². The summed E-state index contributed by atoms with van der Waals surface area (Å²) >= 11 is 0. The molecule has 7 heteroatoms. The lowest BCUT2D eigenvalue weighted by Gasteiger charge is -2.62. The number of aliphatic hydroxyl groups is 1. The van der Waals surface area contributed by atoms with E-state index < -0.39 is 18.7 Å². The van der Waals surface area contributed by atoms with Crippen LogP contribution < -0.4 is 0 Å². The van der Waals surface area contributed by atoms with Gasteiger partial charge in [0.2, 0.25) is 6.79 Å². The summed E-state index contributed by atoms with van der Waals surface area (Å²) in [5.74, 6) is 1.59.